The third-order valence-electron chi connectivity index (χ3n) is 2.61. The fourth-order valence-corrected chi connectivity index (χ4v) is 1.67. The van der Waals surface area contributed by atoms with Crippen LogP contribution in [-0.4, -0.2) is 17.0 Å². The molecule has 102 valence electrons. The summed E-state index contributed by atoms with van der Waals surface area (Å²) in [5, 5.41) is 8.46. The minimum Gasteiger partial charge on any atom is -0.478 e. The van der Waals surface area contributed by atoms with Crippen molar-refractivity contribution in [1.82, 2.24) is 0 Å². The average Bonchev–Trinajstić information content (AvgIpc) is 2.42. The van der Waals surface area contributed by atoms with Crippen molar-refractivity contribution in [2.75, 3.05) is 0 Å². The van der Waals surface area contributed by atoms with Crippen molar-refractivity contribution in [2.45, 2.75) is 32.3 Å². The fraction of sp³-hybridized carbons (Fsp3) is 0.333. The highest BCUT2D eigenvalue weighted by Gasteiger charge is 2.14. The van der Waals surface area contributed by atoms with Crippen molar-refractivity contribution in [2.24, 2.45) is 0 Å². The maximum absolute atomic E-state index is 11.5. The van der Waals surface area contributed by atoms with Crippen LogP contribution in [0, 0.1) is 0 Å². The zero-order valence-electron chi connectivity index (χ0n) is 10.9. The average molecular weight is 262 g/mol. The van der Waals surface area contributed by atoms with Gasteiger partial charge in [-0.25, -0.2) is 9.59 Å². The number of hydrogen-bond donors (Lipinski definition) is 1. The predicted octanol–water partition coefficient (Wildman–Crippen LogP) is 3.10. The molecule has 0 aromatic heterocycles. The Kier molecular flexibility index (Phi) is 6.36. The van der Waals surface area contributed by atoms with E-state index >= 15 is 0 Å². The summed E-state index contributed by atoms with van der Waals surface area (Å²) < 4.78 is 5.30. The Labute approximate surface area is 112 Å². The SMILES string of the molecule is CCCCC(OC(=O)/C=C\C(=O)O)c1ccccc1. The first kappa shape index (κ1) is 15.0. The van der Waals surface area contributed by atoms with Crippen molar-refractivity contribution < 1.29 is 19.4 Å². The van der Waals surface area contributed by atoms with E-state index in [1.807, 2.05) is 30.3 Å². The smallest absolute Gasteiger partial charge is 0.331 e. The topological polar surface area (TPSA) is 63.6 Å². The van der Waals surface area contributed by atoms with E-state index in [-0.39, 0.29) is 6.10 Å². The van der Waals surface area contributed by atoms with E-state index in [0.717, 1.165) is 37.0 Å². The van der Waals surface area contributed by atoms with Gasteiger partial charge in [0.2, 0.25) is 0 Å². The van der Waals surface area contributed by atoms with Gasteiger partial charge in [0.1, 0.15) is 6.10 Å². The van der Waals surface area contributed by atoms with Gasteiger partial charge >= 0.3 is 11.9 Å². The molecule has 19 heavy (non-hydrogen) atoms. The van der Waals surface area contributed by atoms with Crippen molar-refractivity contribution in [3.05, 3.63) is 48.0 Å². The maximum atomic E-state index is 11.5. The Morgan fingerprint density at radius 1 is 1.26 bits per heavy atom. The Morgan fingerprint density at radius 2 is 1.95 bits per heavy atom. The molecule has 1 unspecified atom stereocenters. The molecule has 1 aromatic rings. The summed E-state index contributed by atoms with van der Waals surface area (Å²) in [4.78, 5) is 21.9. The number of carboxylic acid groups (broad SMARTS) is 1. The van der Waals surface area contributed by atoms with Gasteiger partial charge in [-0.1, -0.05) is 43.7 Å². The number of hydrogen-bond acceptors (Lipinski definition) is 3. The molecule has 0 radical (unpaired) electrons. The molecule has 0 spiro atoms. The summed E-state index contributed by atoms with van der Waals surface area (Å²) in [5.41, 5.74) is 0.924. The Bertz CT molecular complexity index is 437. The quantitative estimate of drug-likeness (QED) is 0.605. The lowest BCUT2D eigenvalue weighted by atomic mass is 10.0. The summed E-state index contributed by atoms with van der Waals surface area (Å²) in [5.74, 6) is -1.80. The van der Waals surface area contributed by atoms with Crippen molar-refractivity contribution in [1.29, 1.82) is 0 Å². The second-order valence-electron chi connectivity index (χ2n) is 4.15. The van der Waals surface area contributed by atoms with Crippen molar-refractivity contribution in [3.8, 4) is 0 Å². The molecule has 0 aliphatic rings. The van der Waals surface area contributed by atoms with Crippen LogP contribution in [0.4, 0.5) is 0 Å². The maximum Gasteiger partial charge on any atom is 0.331 e. The summed E-state index contributed by atoms with van der Waals surface area (Å²) in [7, 11) is 0. The normalized spacial score (nSPS) is 12.3. The summed E-state index contributed by atoms with van der Waals surface area (Å²) in [6.07, 6.45) is 4.07. The summed E-state index contributed by atoms with van der Waals surface area (Å²) >= 11 is 0. The van der Waals surface area contributed by atoms with E-state index in [1.54, 1.807) is 0 Å². The molecule has 4 nitrogen and oxygen atoms in total. The number of carbonyl (C=O) groups is 2. The highest BCUT2D eigenvalue weighted by Crippen LogP contribution is 2.23. The molecule has 4 heteroatoms. The van der Waals surface area contributed by atoms with Crippen LogP contribution in [0.25, 0.3) is 0 Å². The zero-order valence-corrected chi connectivity index (χ0v) is 10.9. The van der Waals surface area contributed by atoms with E-state index < -0.39 is 11.9 Å². The Hall–Kier alpha value is -2.10. The molecule has 1 rings (SSSR count). The summed E-state index contributed by atoms with van der Waals surface area (Å²) in [6.45, 7) is 2.06. The molecule has 0 bridgehead atoms. The van der Waals surface area contributed by atoms with Crippen LogP contribution in [0.1, 0.15) is 37.9 Å². The number of aliphatic carboxylic acids is 1. The number of esters is 1. The lowest BCUT2D eigenvalue weighted by Gasteiger charge is -2.17. The van der Waals surface area contributed by atoms with Gasteiger partial charge in [-0.2, -0.15) is 0 Å². The lowest BCUT2D eigenvalue weighted by molar-refractivity contribution is -0.144. The van der Waals surface area contributed by atoms with Gasteiger partial charge in [0.15, 0.2) is 0 Å². The lowest BCUT2D eigenvalue weighted by Crippen LogP contribution is -2.10. The first-order valence-electron chi connectivity index (χ1n) is 6.30. The molecule has 0 heterocycles. The molecule has 1 aromatic carbocycles. The number of benzene rings is 1. The molecule has 0 aliphatic carbocycles. The van der Waals surface area contributed by atoms with E-state index in [1.165, 1.54) is 0 Å². The van der Waals surface area contributed by atoms with Gasteiger partial charge in [0, 0.05) is 12.2 Å². The highest BCUT2D eigenvalue weighted by atomic mass is 16.5. The Morgan fingerprint density at radius 3 is 2.53 bits per heavy atom. The van der Waals surface area contributed by atoms with Crippen LogP contribution in [0.5, 0.6) is 0 Å². The third-order valence-corrected chi connectivity index (χ3v) is 2.61. The van der Waals surface area contributed by atoms with Gasteiger partial charge in [-0.15, -0.1) is 0 Å². The molecular formula is C15H18O4. The predicted molar refractivity (Wildman–Crippen MR) is 71.6 cm³/mol. The minimum atomic E-state index is -1.17. The van der Waals surface area contributed by atoms with Gasteiger partial charge in [-0.05, 0) is 18.4 Å². The fourth-order valence-electron chi connectivity index (χ4n) is 1.67. The molecule has 0 amide bonds. The molecule has 0 fully saturated rings. The first-order valence-corrected chi connectivity index (χ1v) is 6.30. The first-order chi connectivity index (χ1) is 9.13. The standard InChI is InChI=1S/C15H18O4/c1-2-3-9-13(12-7-5-4-6-8-12)19-15(18)11-10-14(16)17/h4-8,10-11,13H,2-3,9H2,1H3,(H,16,17)/b11-10-. The van der Waals surface area contributed by atoms with Crippen LogP contribution < -0.4 is 0 Å². The van der Waals surface area contributed by atoms with Crippen molar-refractivity contribution in [3.63, 3.8) is 0 Å². The summed E-state index contributed by atoms with van der Waals surface area (Å²) in [6, 6.07) is 9.46. The van der Waals surface area contributed by atoms with E-state index in [4.69, 9.17) is 9.84 Å². The number of rotatable bonds is 7. The van der Waals surface area contributed by atoms with Gasteiger partial charge in [-0.3, -0.25) is 0 Å². The second kappa shape index (κ2) is 8.08. The van der Waals surface area contributed by atoms with Crippen LogP contribution in [0.15, 0.2) is 42.5 Å². The number of carbonyl (C=O) groups excluding carboxylic acids is 1. The van der Waals surface area contributed by atoms with Gasteiger partial charge in [0.05, 0.1) is 0 Å². The van der Waals surface area contributed by atoms with Crippen LogP contribution in [-0.2, 0) is 14.3 Å². The Balaban J connectivity index is 2.70. The third kappa shape index (κ3) is 5.86. The van der Waals surface area contributed by atoms with Gasteiger partial charge in [0.25, 0.3) is 0 Å². The largest absolute Gasteiger partial charge is 0.478 e. The molecule has 0 saturated carbocycles. The molecule has 0 saturated heterocycles. The number of unbranched alkanes of at least 4 members (excludes halogenated alkanes) is 1. The minimum absolute atomic E-state index is 0.327. The molecule has 1 N–H and O–H groups in total. The van der Waals surface area contributed by atoms with Crippen LogP contribution in [0.3, 0.4) is 0 Å². The van der Waals surface area contributed by atoms with E-state index in [2.05, 4.69) is 6.92 Å². The second-order valence-corrected chi connectivity index (χ2v) is 4.15. The zero-order chi connectivity index (χ0) is 14.1. The number of ether oxygens (including phenoxy) is 1. The number of carboxylic acids is 1. The molecule has 1 atom stereocenters. The van der Waals surface area contributed by atoms with E-state index in [9.17, 15) is 9.59 Å². The van der Waals surface area contributed by atoms with Crippen LogP contribution in [0.2, 0.25) is 0 Å². The van der Waals surface area contributed by atoms with Gasteiger partial charge < -0.3 is 9.84 Å². The van der Waals surface area contributed by atoms with Crippen LogP contribution >= 0.6 is 0 Å². The van der Waals surface area contributed by atoms with E-state index in [0.29, 0.717) is 0 Å². The highest BCUT2D eigenvalue weighted by molar-refractivity contribution is 5.90. The van der Waals surface area contributed by atoms with Crippen molar-refractivity contribution >= 4 is 11.9 Å². The molecule has 0 aliphatic heterocycles. The molecular weight excluding hydrogens is 244 g/mol. The monoisotopic (exact) mass is 262 g/mol.